The van der Waals surface area contributed by atoms with E-state index in [4.69, 9.17) is 9.84 Å². The molecular formula is C9H19NO2. The molecule has 72 valence electrons. The van der Waals surface area contributed by atoms with Crippen LogP contribution in [-0.4, -0.2) is 37.0 Å². The van der Waals surface area contributed by atoms with E-state index in [1.807, 2.05) is 0 Å². The van der Waals surface area contributed by atoms with Crippen LogP contribution in [-0.2, 0) is 4.74 Å². The summed E-state index contributed by atoms with van der Waals surface area (Å²) in [5.74, 6) is 0. The van der Waals surface area contributed by atoms with Crippen molar-refractivity contribution in [2.45, 2.75) is 38.4 Å². The van der Waals surface area contributed by atoms with Gasteiger partial charge in [-0.05, 0) is 32.7 Å². The molecule has 12 heavy (non-hydrogen) atoms. The van der Waals surface area contributed by atoms with Gasteiger partial charge in [-0.25, -0.2) is 0 Å². The molecule has 0 saturated carbocycles. The van der Waals surface area contributed by atoms with Crippen LogP contribution >= 0.6 is 0 Å². The highest BCUT2D eigenvalue weighted by Crippen LogP contribution is 2.06. The maximum absolute atomic E-state index is 8.99. The summed E-state index contributed by atoms with van der Waals surface area (Å²) in [4.78, 5) is 0. The number of piperidine rings is 1. The van der Waals surface area contributed by atoms with Crippen LogP contribution < -0.4 is 5.32 Å². The number of ether oxygens (including phenoxy) is 1. The fourth-order valence-electron chi connectivity index (χ4n) is 1.37. The van der Waals surface area contributed by atoms with Gasteiger partial charge in [-0.15, -0.1) is 0 Å². The minimum Gasteiger partial charge on any atom is -0.393 e. The van der Waals surface area contributed by atoms with E-state index in [1.54, 1.807) is 6.92 Å². The first kappa shape index (κ1) is 9.96. The molecule has 1 unspecified atom stereocenters. The van der Waals surface area contributed by atoms with Crippen LogP contribution in [0, 0.1) is 0 Å². The normalized spacial score (nSPS) is 27.0. The van der Waals surface area contributed by atoms with Gasteiger partial charge in [-0.1, -0.05) is 0 Å². The molecule has 0 aromatic carbocycles. The molecular weight excluding hydrogens is 154 g/mol. The van der Waals surface area contributed by atoms with Gasteiger partial charge in [-0.2, -0.15) is 0 Å². The maximum atomic E-state index is 8.99. The zero-order chi connectivity index (χ0) is 8.81. The fraction of sp³-hybridized carbons (Fsp3) is 1.00. The lowest BCUT2D eigenvalue weighted by atomic mass is 10.1. The van der Waals surface area contributed by atoms with Crippen molar-refractivity contribution in [3.63, 3.8) is 0 Å². The summed E-state index contributed by atoms with van der Waals surface area (Å²) in [5, 5.41) is 12.3. The van der Waals surface area contributed by atoms with Crippen molar-refractivity contribution >= 4 is 0 Å². The molecule has 2 atom stereocenters. The summed E-state index contributed by atoms with van der Waals surface area (Å²) >= 11 is 0. The highest BCUT2D eigenvalue weighted by molar-refractivity contribution is 4.68. The van der Waals surface area contributed by atoms with Gasteiger partial charge in [0.05, 0.1) is 12.2 Å². The van der Waals surface area contributed by atoms with Gasteiger partial charge in [0.25, 0.3) is 0 Å². The van der Waals surface area contributed by atoms with Crippen molar-refractivity contribution in [1.82, 2.24) is 5.32 Å². The first-order valence-electron chi connectivity index (χ1n) is 4.79. The summed E-state index contributed by atoms with van der Waals surface area (Å²) in [7, 11) is 0. The maximum Gasteiger partial charge on any atom is 0.0699 e. The Bertz CT molecular complexity index is 111. The molecule has 1 fully saturated rings. The van der Waals surface area contributed by atoms with Crippen LogP contribution in [0.2, 0.25) is 0 Å². The zero-order valence-electron chi connectivity index (χ0n) is 7.75. The second-order valence-corrected chi connectivity index (χ2v) is 3.48. The number of aliphatic hydroxyl groups excluding tert-OH is 1. The van der Waals surface area contributed by atoms with Crippen molar-refractivity contribution in [3.05, 3.63) is 0 Å². The van der Waals surface area contributed by atoms with Gasteiger partial charge in [-0.3, -0.25) is 0 Å². The Balaban J connectivity index is 1.98. The zero-order valence-corrected chi connectivity index (χ0v) is 7.75. The molecule has 2 N–H and O–H groups in total. The van der Waals surface area contributed by atoms with E-state index in [0.29, 0.717) is 12.7 Å². The van der Waals surface area contributed by atoms with Gasteiger partial charge < -0.3 is 15.2 Å². The van der Waals surface area contributed by atoms with E-state index in [2.05, 4.69) is 5.32 Å². The molecule has 1 rings (SSSR count). The van der Waals surface area contributed by atoms with E-state index >= 15 is 0 Å². The Kier molecular flexibility index (Phi) is 4.58. The smallest absolute Gasteiger partial charge is 0.0699 e. The third-order valence-corrected chi connectivity index (χ3v) is 2.14. The average molecular weight is 173 g/mol. The second kappa shape index (κ2) is 5.51. The van der Waals surface area contributed by atoms with E-state index in [1.165, 1.54) is 6.42 Å². The van der Waals surface area contributed by atoms with Crippen LogP contribution in [0.5, 0.6) is 0 Å². The number of aliphatic hydroxyl groups is 1. The van der Waals surface area contributed by atoms with E-state index in [-0.39, 0.29) is 6.10 Å². The first-order chi connectivity index (χ1) is 5.79. The highest BCUT2D eigenvalue weighted by Gasteiger charge is 2.12. The SMILES string of the molecule is CC(O)CCO[C@H]1CCCNC1. The number of hydrogen-bond acceptors (Lipinski definition) is 3. The molecule has 1 aliphatic rings. The van der Waals surface area contributed by atoms with Gasteiger partial charge in [0.15, 0.2) is 0 Å². The largest absolute Gasteiger partial charge is 0.393 e. The summed E-state index contributed by atoms with van der Waals surface area (Å²) < 4.78 is 5.57. The summed E-state index contributed by atoms with van der Waals surface area (Å²) in [6.07, 6.45) is 3.25. The topological polar surface area (TPSA) is 41.5 Å². The lowest BCUT2D eigenvalue weighted by Gasteiger charge is -2.23. The number of nitrogens with one attached hydrogen (secondary N) is 1. The first-order valence-corrected chi connectivity index (χ1v) is 4.79. The van der Waals surface area contributed by atoms with Crippen LogP contribution in [0.15, 0.2) is 0 Å². The number of rotatable bonds is 4. The van der Waals surface area contributed by atoms with Crippen LogP contribution in [0.3, 0.4) is 0 Å². The molecule has 0 bridgehead atoms. The standard InChI is InChI=1S/C9H19NO2/c1-8(11)4-6-12-9-3-2-5-10-7-9/h8-11H,2-7H2,1H3/t8?,9-/m0/s1. The van der Waals surface area contributed by atoms with Gasteiger partial charge in [0, 0.05) is 13.2 Å². The molecule has 1 aliphatic heterocycles. The van der Waals surface area contributed by atoms with Gasteiger partial charge in [0.2, 0.25) is 0 Å². The fourth-order valence-corrected chi connectivity index (χ4v) is 1.37. The Morgan fingerprint density at radius 1 is 1.67 bits per heavy atom. The average Bonchev–Trinajstić information content (AvgIpc) is 2.05. The molecule has 0 radical (unpaired) electrons. The molecule has 3 heteroatoms. The van der Waals surface area contributed by atoms with Crippen molar-refractivity contribution in [1.29, 1.82) is 0 Å². The summed E-state index contributed by atoms with van der Waals surface area (Å²) in [6.45, 7) is 4.57. The van der Waals surface area contributed by atoms with Gasteiger partial charge in [0.1, 0.15) is 0 Å². The number of hydrogen-bond donors (Lipinski definition) is 2. The Morgan fingerprint density at radius 3 is 3.08 bits per heavy atom. The van der Waals surface area contributed by atoms with Crippen LogP contribution in [0.25, 0.3) is 0 Å². The van der Waals surface area contributed by atoms with E-state index < -0.39 is 0 Å². The molecule has 0 amide bonds. The van der Waals surface area contributed by atoms with E-state index in [0.717, 1.165) is 25.9 Å². The Morgan fingerprint density at radius 2 is 2.50 bits per heavy atom. The summed E-state index contributed by atoms with van der Waals surface area (Å²) in [5.41, 5.74) is 0. The lowest BCUT2D eigenvalue weighted by molar-refractivity contribution is 0.0191. The Hall–Kier alpha value is -0.120. The molecule has 0 spiro atoms. The van der Waals surface area contributed by atoms with Crippen molar-refractivity contribution < 1.29 is 9.84 Å². The quantitative estimate of drug-likeness (QED) is 0.651. The minimum absolute atomic E-state index is 0.235. The second-order valence-electron chi connectivity index (χ2n) is 3.48. The van der Waals surface area contributed by atoms with Crippen molar-refractivity contribution in [3.8, 4) is 0 Å². The third-order valence-electron chi connectivity index (χ3n) is 2.14. The molecule has 0 aromatic rings. The Labute approximate surface area is 74.1 Å². The van der Waals surface area contributed by atoms with Crippen molar-refractivity contribution in [2.24, 2.45) is 0 Å². The van der Waals surface area contributed by atoms with Crippen molar-refractivity contribution in [2.75, 3.05) is 19.7 Å². The van der Waals surface area contributed by atoms with E-state index in [9.17, 15) is 0 Å². The minimum atomic E-state index is -0.235. The third kappa shape index (κ3) is 4.04. The molecule has 0 aromatic heterocycles. The highest BCUT2D eigenvalue weighted by atomic mass is 16.5. The predicted octanol–water partition coefficient (Wildman–Crippen LogP) is 0.526. The molecule has 1 saturated heterocycles. The monoisotopic (exact) mass is 173 g/mol. The lowest BCUT2D eigenvalue weighted by Crippen LogP contribution is -2.35. The molecule has 1 heterocycles. The van der Waals surface area contributed by atoms with Gasteiger partial charge >= 0.3 is 0 Å². The van der Waals surface area contributed by atoms with Crippen LogP contribution in [0.4, 0.5) is 0 Å². The molecule has 0 aliphatic carbocycles. The predicted molar refractivity (Wildman–Crippen MR) is 48.1 cm³/mol. The summed E-state index contributed by atoms with van der Waals surface area (Å²) in [6, 6.07) is 0. The molecule has 3 nitrogen and oxygen atoms in total. The van der Waals surface area contributed by atoms with Crippen LogP contribution in [0.1, 0.15) is 26.2 Å².